The van der Waals surface area contributed by atoms with Gasteiger partial charge in [-0.2, -0.15) is 10.1 Å². The number of aromatic nitrogens is 7. The molecule has 2 aromatic carbocycles. The van der Waals surface area contributed by atoms with Crippen molar-refractivity contribution in [2.24, 2.45) is 0 Å². The number of aryl methyl sites for hydroxylation is 1. The Balaban J connectivity index is 1.29. The number of imidazole rings is 1. The highest BCUT2D eigenvalue weighted by Crippen LogP contribution is 2.20. The van der Waals surface area contributed by atoms with Crippen LogP contribution in [0, 0.1) is 0 Å². The van der Waals surface area contributed by atoms with E-state index < -0.39 is 0 Å². The molecule has 160 valence electrons. The highest BCUT2D eigenvalue weighted by molar-refractivity contribution is 5.77. The van der Waals surface area contributed by atoms with Crippen molar-refractivity contribution in [1.29, 1.82) is 0 Å². The minimum absolute atomic E-state index is 0.134. The number of para-hydroxylation sites is 2. The molecule has 10 nitrogen and oxygen atoms in total. The fourth-order valence-corrected chi connectivity index (χ4v) is 3.46. The number of carbonyl (C=O) groups is 1. The number of fused-ring (bicyclic) bond motifs is 1. The van der Waals surface area contributed by atoms with Gasteiger partial charge in [-0.05, 0) is 24.1 Å². The number of carbonyl (C=O) groups excluding carboxylic acids is 1. The van der Waals surface area contributed by atoms with E-state index in [1.807, 2.05) is 54.6 Å². The Morgan fingerprint density at radius 2 is 1.91 bits per heavy atom. The summed E-state index contributed by atoms with van der Waals surface area (Å²) in [5.74, 6) is 1.66. The molecule has 3 heterocycles. The summed E-state index contributed by atoms with van der Waals surface area (Å²) < 4.78 is 5.22. The number of H-pyrrole nitrogens is 2. The standard InChI is InChI=1S/C22H20N8O2/c31-18(10-11-19-28-22(30-32-19)21-23-13-24-29-21)25-17(12-14-6-2-1-3-7-14)20-26-15-8-4-5-9-16(15)27-20/h1-9,13,17H,10-12H2,(H,25,31)(H,26,27)(H,23,24,29)/t17-/m0/s1. The fourth-order valence-electron chi connectivity index (χ4n) is 3.46. The zero-order valence-electron chi connectivity index (χ0n) is 17.0. The van der Waals surface area contributed by atoms with Crippen molar-refractivity contribution in [1.82, 2.24) is 40.6 Å². The van der Waals surface area contributed by atoms with E-state index in [-0.39, 0.29) is 18.4 Å². The largest absolute Gasteiger partial charge is 0.346 e. The average molecular weight is 428 g/mol. The highest BCUT2D eigenvalue weighted by Gasteiger charge is 2.20. The second kappa shape index (κ2) is 8.80. The molecule has 1 atom stereocenters. The number of nitrogens with zero attached hydrogens (tertiary/aromatic N) is 5. The zero-order valence-corrected chi connectivity index (χ0v) is 17.0. The Morgan fingerprint density at radius 1 is 1.06 bits per heavy atom. The van der Waals surface area contributed by atoms with Crippen LogP contribution in [-0.2, 0) is 17.6 Å². The molecule has 3 aromatic heterocycles. The van der Waals surface area contributed by atoms with Crippen LogP contribution < -0.4 is 5.32 Å². The molecule has 3 N–H and O–H groups in total. The van der Waals surface area contributed by atoms with Gasteiger partial charge < -0.3 is 14.8 Å². The number of hydrogen-bond acceptors (Lipinski definition) is 7. The summed E-state index contributed by atoms with van der Waals surface area (Å²) in [4.78, 5) is 29.0. The van der Waals surface area contributed by atoms with E-state index in [4.69, 9.17) is 4.52 Å². The first kappa shape index (κ1) is 19.6. The maximum absolute atomic E-state index is 12.8. The molecule has 32 heavy (non-hydrogen) atoms. The second-order valence-corrected chi connectivity index (χ2v) is 7.29. The lowest BCUT2D eigenvalue weighted by Crippen LogP contribution is -2.31. The Hall–Kier alpha value is -4.34. The number of aromatic amines is 2. The summed E-state index contributed by atoms with van der Waals surface area (Å²) >= 11 is 0. The smallest absolute Gasteiger partial charge is 0.239 e. The zero-order chi connectivity index (χ0) is 21.8. The van der Waals surface area contributed by atoms with Gasteiger partial charge in [0.2, 0.25) is 17.6 Å². The molecule has 0 aliphatic rings. The van der Waals surface area contributed by atoms with Crippen molar-refractivity contribution in [3.05, 3.63) is 78.2 Å². The summed E-state index contributed by atoms with van der Waals surface area (Å²) in [6.45, 7) is 0. The van der Waals surface area contributed by atoms with Crippen molar-refractivity contribution in [3.63, 3.8) is 0 Å². The third-order valence-corrected chi connectivity index (χ3v) is 5.02. The molecule has 0 unspecified atom stereocenters. The lowest BCUT2D eigenvalue weighted by molar-refractivity contribution is -0.121. The summed E-state index contributed by atoms with van der Waals surface area (Å²) in [5, 5.41) is 13.4. The molecule has 0 saturated carbocycles. The molecule has 0 aliphatic carbocycles. The van der Waals surface area contributed by atoms with Gasteiger partial charge in [0.25, 0.3) is 0 Å². The number of hydrogen-bond donors (Lipinski definition) is 3. The van der Waals surface area contributed by atoms with E-state index in [2.05, 4.69) is 40.6 Å². The SMILES string of the molecule is O=C(CCc1nc(-c2ncn[nH]2)no1)N[C@@H](Cc1ccccc1)c1nc2ccccc2[nH]1. The summed E-state index contributed by atoms with van der Waals surface area (Å²) in [6.07, 6.45) is 2.49. The summed E-state index contributed by atoms with van der Waals surface area (Å²) in [6, 6.07) is 17.5. The number of rotatable bonds is 8. The van der Waals surface area contributed by atoms with E-state index in [0.717, 1.165) is 16.6 Å². The van der Waals surface area contributed by atoms with Crippen LogP contribution in [0.2, 0.25) is 0 Å². The fraction of sp³-hybridized carbons (Fsp3) is 0.182. The lowest BCUT2D eigenvalue weighted by atomic mass is 10.1. The van der Waals surface area contributed by atoms with Gasteiger partial charge >= 0.3 is 0 Å². The van der Waals surface area contributed by atoms with Crippen LogP contribution in [0.15, 0.2) is 65.4 Å². The topological polar surface area (TPSA) is 138 Å². The normalized spacial score (nSPS) is 12.1. The van der Waals surface area contributed by atoms with Gasteiger partial charge in [0.1, 0.15) is 12.2 Å². The van der Waals surface area contributed by atoms with Gasteiger partial charge in [0.05, 0.1) is 17.1 Å². The molecule has 0 aliphatic heterocycles. The van der Waals surface area contributed by atoms with Crippen molar-refractivity contribution in [3.8, 4) is 11.6 Å². The summed E-state index contributed by atoms with van der Waals surface area (Å²) in [5.41, 5.74) is 2.90. The van der Waals surface area contributed by atoms with Crippen molar-refractivity contribution in [2.45, 2.75) is 25.3 Å². The predicted octanol–water partition coefficient (Wildman–Crippen LogP) is 2.76. The molecular weight excluding hydrogens is 408 g/mol. The molecule has 0 saturated heterocycles. The van der Waals surface area contributed by atoms with Gasteiger partial charge in [-0.25, -0.2) is 9.97 Å². The molecule has 1 amide bonds. The molecule has 5 rings (SSSR count). The van der Waals surface area contributed by atoms with E-state index in [1.165, 1.54) is 6.33 Å². The molecule has 0 radical (unpaired) electrons. The van der Waals surface area contributed by atoms with Crippen molar-refractivity contribution >= 4 is 16.9 Å². The van der Waals surface area contributed by atoms with Crippen LogP contribution in [0.5, 0.6) is 0 Å². The Kier molecular flexibility index (Phi) is 5.39. The maximum Gasteiger partial charge on any atom is 0.239 e. The number of nitrogens with one attached hydrogen (secondary N) is 3. The van der Waals surface area contributed by atoms with Crippen LogP contribution in [0.25, 0.3) is 22.7 Å². The quantitative estimate of drug-likeness (QED) is 0.345. The summed E-state index contributed by atoms with van der Waals surface area (Å²) in [7, 11) is 0. The minimum atomic E-state index is -0.301. The first-order valence-electron chi connectivity index (χ1n) is 10.2. The molecular formula is C22H20N8O2. The van der Waals surface area contributed by atoms with Gasteiger partial charge in [-0.15, -0.1) is 0 Å². The van der Waals surface area contributed by atoms with Gasteiger partial charge in [-0.1, -0.05) is 47.6 Å². The van der Waals surface area contributed by atoms with E-state index in [1.54, 1.807) is 0 Å². The minimum Gasteiger partial charge on any atom is -0.346 e. The number of amides is 1. The van der Waals surface area contributed by atoms with E-state index in [0.29, 0.717) is 36.2 Å². The third kappa shape index (κ3) is 4.38. The second-order valence-electron chi connectivity index (χ2n) is 7.29. The van der Waals surface area contributed by atoms with Crippen LogP contribution in [0.4, 0.5) is 0 Å². The first-order valence-corrected chi connectivity index (χ1v) is 10.2. The third-order valence-electron chi connectivity index (χ3n) is 5.02. The average Bonchev–Trinajstić information content (AvgIpc) is 3.58. The lowest BCUT2D eigenvalue weighted by Gasteiger charge is -2.17. The number of benzene rings is 2. The highest BCUT2D eigenvalue weighted by atomic mass is 16.5. The van der Waals surface area contributed by atoms with E-state index in [9.17, 15) is 4.79 Å². The van der Waals surface area contributed by atoms with Crippen molar-refractivity contribution < 1.29 is 9.32 Å². The molecule has 0 bridgehead atoms. The van der Waals surface area contributed by atoms with Crippen LogP contribution in [0.3, 0.4) is 0 Å². The van der Waals surface area contributed by atoms with E-state index >= 15 is 0 Å². The Morgan fingerprint density at radius 3 is 2.72 bits per heavy atom. The first-order chi connectivity index (χ1) is 15.7. The van der Waals surface area contributed by atoms with Gasteiger partial charge in [0.15, 0.2) is 5.82 Å². The molecule has 5 aromatic rings. The monoisotopic (exact) mass is 428 g/mol. The molecule has 0 fully saturated rings. The van der Waals surface area contributed by atoms with Crippen molar-refractivity contribution in [2.75, 3.05) is 0 Å². The maximum atomic E-state index is 12.8. The molecule has 10 heteroatoms. The van der Waals surface area contributed by atoms with Crippen LogP contribution in [0.1, 0.15) is 29.7 Å². The Labute approximate surface area is 182 Å². The van der Waals surface area contributed by atoms with Gasteiger partial charge in [-0.3, -0.25) is 9.89 Å². The van der Waals surface area contributed by atoms with Crippen LogP contribution >= 0.6 is 0 Å². The van der Waals surface area contributed by atoms with Gasteiger partial charge in [0, 0.05) is 12.8 Å². The predicted molar refractivity (Wildman–Crippen MR) is 115 cm³/mol. The molecule has 0 spiro atoms. The Bertz CT molecular complexity index is 1280. The van der Waals surface area contributed by atoms with Crippen LogP contribution in [-0.4, -0.2) is 41.2 Å².